The van der Waals surface area contributed by atoms with Crippen molar-refractivity contribution < 1.29 is 0 Å². The number of fused-ring (bicyclic) bond motifs is 1. The van der Waals surface area contributed by atoms with Crippen LogP contribution < -0.4 is 0 Å². The van der Waals surface area contributed by atoms with Crippen molar-refractivity contribution in [2.45, 2.75) is 6.92 Å². The minimum Gasteiger partial charge on any atom is -0.337 e. The Labute approximate surface area is 113 Å². The topological polar surface area (TPSA) is 52.5 Å². The monoisotopic (exact) mass is 273 g/mol. The molecule has 2 aromatic heterocycles. The van der Waals surface area contributed by atoms with Crippen LogP contribution in [0.1, 0.15) is 11.1 Å². The fourth-order valence-electron chi connectivity index (χ4n) is 1.82. The lowest BCUT2D eigenvalue weighted by Crippen LogP contribution is -1.77. The largest absolute Gasteiger partial charge is 0.337 e. The number of aryl methyl sites for hydroxylation is 1. The van der Waals surface area contributed by atoms with E-state index in [9.17, 15) is 0 Å². The molecule has 18 heavy (non-hydrogen) atoms. The molecule has 1 aromatic carbocycles. The molecule has 3 nitrogen and oxygen atoms in total. The Balaban J connectivity index is 2.26. The molecule has 5 heteroatoms. The maximum Gasteiger partial charge on any atom is 0.150 e. The molecular weight excluding hydrogens is 266 g/mol. The Kier molecular flexibility index (Phi) is 2.58. The second-order valence-corrected chi connectivity index (χ2v) is 5.22. The summed E-state index contributed by atoms with van der Waals surface area (Å²) in [7, 11) is 0. The smallest absolute Gasteiger partial charge is 0.150 e. The number of aromatic nitrogens is 2. The van der Waals surface area contributed by atoms with Crippen molar-refractivity contribution in [1.29, 1.82) is 5.26 Å². The Bertz CT molecular complexity index is 779. The van der Waals surface area contributed by atoms with Gasteiger partial charge in [-0.2, -0.15) is 5.26 Å². The number of halogens is 1. The Morgan fingerprint density at radius 1 is 1.44 bits per heavy atom. The normalized spacial score (nSPS) is 10.7. The summed E-state index contributed by atoms with van der Waals surface area (Å²) in [4.78, 5) is 8.59. The highest BCUT2D eigenvalue weighted by Crippen LogP contribution is 2.35. The van der Waals surface area contributed by atoms with Gasteiger partial charge in [0, 0.05) is 0 Å². The zero-order valence-electron chi connectivity index (χ0n) is 9.49. The summed E-state index contributed by atoms with van der Waals surface area (Å²) in [5.74, 6) is 0.718. The molecule has 3 aromatic rings. The van der Waals surface area contributed by atoms with Crippen LogP contribution in [0, 0.1) is 18.3 Å². The molecule has 0 aliphatic heterocycles. The Hall–Kier alpha value is -1.83. The standard InChI is InChI=1S/C13H8ClN3S/c1-7-6-18-12(10(7)14)13-16-9-4-2-3-8(5-15)11(9)17-13/h2-4,6H,1H3,(H,16,17). The van der Waals surface area contributed by atoms with Gasteiger partial charge in [-0.1, -0.05) is 17.7 Å². The molecular formula is C13H8ClN3S. The van der Waals surface area contributed by atoms with E-state index in [1.165, 1.54) is 0 Å². The van der Waals surface area contributed by atoms with Crippen LogP contribution >= 0.6 is 22.9 Å². The van der Waals surface area contributed by atoms with Gasteiger partial charge in [0.2, 0.25) is 0 Å². The van der Waals surface area contributed by atoms with Crippen LogP contribution in [0.3, 0.4) is 0 Å². The van der Waals surface area contributed by atoms with Crippen LogP contribution in [0.25, 0.3) is 21.7 Å². The number of imidazole rings is 1. The SMILES string of the molecule is Cc1csc(-c2nc3c(C#N)cccc3[nH]2)c1Cl. The zero-order chi connectivity index (χ0) is 12.7. The first-order valence-corrected chi connectivity index (χ1v) is 6.59. The van der Waals surface area contributed by atoms with E-state index >= 15 is 0 Å². The fourth-order valence-corrected chi connectivity index (χ4v) is 3.05. The lowest BCUT2D eigenvalue weighted by molar-refractivity contribution is 1.35. The van der Waals surface area contributed by atoms with E-state index in [-0.39, 0.29) is 0 Å². The average molecular weight is 274 g/mol. The number of H-pyrrole nitrogens is 1. The van der Waals surface area contributed by atoms with Gasteiger partial charge in [0.25, 0.3) is 0 Å². The van der Waals surface area contributed by atoms with E-state index in [0.717, 1.165) is 26.8 Å². The molecule has 0 atom stereocenters. The third kappa shape index (κ3) is 1.60. The molecule has 0 radical (unpaired) electrons. The van der Waals surface area contributed by atoms with Gasteiger partial charge in [0.05, 0.1) is 21.0 Å². The number of rotatable bonds is 1. The van der Waals surface area contributed by atoms with E-state index in [1.54, 1.807) is 17.4 Å². The molecule has 0 aliphatic rings. The molecule has 0 aliphatic carbocycles. The number of nitrogens with one attached hydrogen (secondary N) is 1. The molecule has 0 unspecified atom stereocenters. The number of hydrogen-bond donors (Lipinski definition) is 1. The number of nitrogens with zero attached hydrogens (tertiary/aromatic N) is 2. The summed E-state index contributed by atoms with van der Waals surface area (Å²) in [5, 5.41) is 11.8. The molecule has 2 heterocycles. The van der Waals surface area contributed by atoms with Crippen LogP contribution in [-0.4, -0.2) is 9.97 Å². The number of thiophene rings is 1. The predicted molar refractivity (Wildman–Crippen MR) is 73.9 cm³/mol. The van der Waals surface area contributed by atoms with Crippen LogP contribution in [0.5, 0.6) is 0 Å². The van der Waals surface area contributed by atoms with Gasteiger partial charge in [-0.05, 0) is 30.0 Å². The molecule has 0 amide bonds. The van der Waals surface area contributed by atoms with Crippen LogP contribution in [0.2, 0.25) is 5.02 Å². The van der Waals surface area contributed by atoms with E-state index in [1.807, 2.05) is 24.4 Å². The van der Waals surface area contributed by atoms with Crippen LogP contribution in [0.4, 0.5) is 0 Å². The van der Waals surface area contributed by atoms with Gasteiger partial charge in [0.1, 0.15) is 17.4 Å². The van der Waals surface area contributed by atoms with Gasteiger partial charge in [-0.15, -0.1) is 11.3 Å². The maximum absolute atomic E-state index is 9.05. The van der Waals surface area contributed by atoms with Gasteiger partial charge in [-0.25, -0.2) is 4.98 Å². The van der Waals surface area contributed by atoms with Crippen LogP contribution in [0.15, 0.2) is 23.6 Å². The number of hydrogen-bond acceptors (Lipinski definition) is 3. The molecule has 0 saturated carbocycles. The highest BCUT2D eigenvalue weighted by molar-refractivity contribution is 7.14. The third-order valence-electron chi connectivity index (χ3n) is 2.75. The van der Waals surface area contributed by atoms with E-state index in [4.69, 9.17) is 16.9 Å². The first-order valence-electron chi connectivity index (χ1n) is 5.33. The summed E-state index contributed by atoms with van der Waals surface area (Å²) in [6.45, 7) is 1.96. The number of benzene rings is 1. The molecule has 0 spiro atoms. The van der Waals surface area contributed by atoms with E-state index in [2.05, 4.69) is 16.0 Å². The molecule has 3 rings (SSSR count). The summed E-state index contributed by atoms with van der Waals surface area (Å²) in [6, 6.07) is 7.64. The lowest BCUT2D eigenvalue weighted by atomic mass is 10.2. The fraction of sp³-hybridized carbons (Fsp3) is 0.0769. The molecule has 0 bridgehead atoms. The first kappa shape index (κ1) is 11.3. The van der Waals surface area contributed by atoms with E-state index in [0.29, 0.717) is 11.1 Å². The van der Waals surface area contributed by atoms with Crippen molar-refractivity contribution in [3.63, 3.8) is 0 Å². The molecule has 0 fully saturated rings. The molecule has 88 valence electrons. The summed E-state index contributed by atoms with van der Waals surface area (Å²) in [5.41, 5.74) is 3.15. The summed E-state index contributed by atoms with van der Waals surface area (Å²) in [6.07, 6.45) is 0. The highest BCUT2D eigenvalue weighted by Gasteiger charge is 2.14. The van der Waals surface area contributed by atoms with Gasteiger partial charge < -0.3 is 4.98 Å². The van der Waals surface area contributed by atoms with Crippen molar-refractivity contribution >= 4 is 34.0 Å². The maximum atomic E-state index is 9.05. The third-order valence-corrected chi connectivity index (χ3v) is 4.45. The highest BCUT2D eigenvalue weighted by atomic mass is 35.5. The van der Waals surface area contributed by atoms with Gasteiger partial charge >= 0.3 is 0 Å². The van der Waals surface area contributed by atoms with Gasteiger partial charge in [0.15, 0.2) is 0 Å². The second kappa shape index (κ2) is 4.13. The number of aromatic amines is 1. The number of para-hydroxylation sites is 1. The van der Waals surface area contributed by atoms with Crippen molar-refractivity contribution in [2.75, 3.05) is 0 Å². The molecule has 1 N–H and O–H groups in total. The summed E-state index contributed by atoms with van der Waals surface area (Å²) >= 11 is 7.78. The minimum atomic E-state index is 0.569. The lowest BCUT2D eigenvalue weighted by Gasteiger charge is -1.92. The first-order chi connectivity index (χ1) is 8.70. The molecule has 0 saturated heterocycles. The zero-order valence-corrected chi connectivity index (χ0v) is 11.1. The van der Waals surface area contributed by atoms with Crippen molar-refractivity contribution in [3.05, 3.63) is 39.7 Å². The minimum absolute atomic E-state index is 0.569. The second-order valence-electron chi connectivity index (χ2n) is 3.96. The van der Waals surface area contributed by atoms with Gasteiger partial charge in [-0.3, -0.25) is 0 Å². The van der Waals surface area contributed by atoms with Crippen molar-refractivity contribution in [1.82, 2.24) is 9.97 Å². The quantitative estimate of drug-likeness (QED) is 0.725. The average Bonchev–Trinajstić information content (AvgIpc) is 2.94. The van der Waals surface area contributed by atoms with Crippen LogP contribution in [-0.2, 0) is 0 Å². The van der Waals surface area contributed by atoms with Crippen molar-refractivity contribution in [3.8, 4) is 16.8 Å². The Morgan fingerprint density at radius 3 is 2.94 bits per heavy atom. The van der Waals surface area contributed by atoms with E-state index < -0.39 is 0 Å². The predicted octanol–water partition coefficient (Wildman–Crippen LogP) is 4.12. The van der Waals surface area contributed by atoms with Crippen molar-refractivity contribution in [2.24, 2.45) is 0 Å². The Morgan fingerprint density at radius 2 is 2.28 bits per heavy atom. The summed E-state index contributed by atoms with van der Waals surface area (Å²) < 4.78 is 0. The number of nitriles is 1.